The van der Waals surface area contributed by atoms with Crippen LogP contribution in [0, 0.1) is 5.82 Å². The molecule has 1 heterocycles. The lowest BCUT2D eigenvalue weighted by Gasteiger charge is -2.30. The maximum Gasteiger partial charge on any atom is 0.303 e. The highest BCUT2D eigenvalue weighted by atomic mass is 79.9. The molecule has 0 bridgehead atoms. The number of halogens is 2. The van der Waals surface area contributed by atoms with Crippen LogP contribution in [0.3, 0.4) is 0 Å². The van der Waals surface area contributed by atoms with Crippen LogP contribution in [0.4, 0.5) is 4.39 Å². The molecule has 0 saturated carbocycles. The number of carboxylic acids is 1. The third-order valence-electron chi connectivity index (χ3n) is 3.68. The molecule has 0 unspecified atom stereocenters. The molecule has 1 amide bonds. The number of hydrogen-bond donors (Lipinski definition) is 1. The Morgan fingerprint density at radius 3 is 2.67 bits per heavy atom. The van der Waals surface area contributed by atoms with Gasteiger partial charge in [0.1, 0.15) is 5.82 Å². The number of carbonyl (C=O) groups excluding carboxylic acids is 1. The predicted octanol–water partition coefficient (Wildman–Crippen LogP) is 3.12. The van der Waals surface area contributed by atoms with Crippen LogP contribution in [0.1, 0.15) is 36.8 Å². The Balaban J connectivity index is 1.93. The average molecular weight is 358 g/mol. The van der Waals surface area contributed by atoms with Crippen LogP contribution in [0.15, 0.2) is 16.6 Å². The van der Waals surface area contributed by atoms with E-state index in [1.165, 1.54) is 6.07 Å². The standard InChI is InChI=1S/C15H17BrFNO3/c16-12-5-6-13(17)11-9-18(8-7-10(11)12)14(19)3-1-2-4-15(20)21/h5-6H,1-4,7-9H2,(H,20,21). The van der Waals surface area contributed by atoms with E-state index < -0.39 is 5.97 Å². The summed E-state index contributed by atoms with van der Waals surface area (Å²) in [6, 6.07) is 3.10. The highest BCUT2D eigenvalue weighted by molar-refractivity contribution is 9.10. The Morgan fingerprint density at radius 2 is 1.95 bits per heavy atom. The topological polar surface area (TPSA) is 57.6 Å². The van der Waals surface area contributed by atoms with Crippen molar-refractivity contribution in [3.8, 4) is 0 Å². The van der Waals surface area contributed by atoms with Crippen LogP contribution in [-0.2, 0) is 22.6 Å². The third kappa shape index (κ3) is 4.03. The zero-order chi connectivity index (χ0) is 15.4. The van der Waals surface area contributed by atoms with Crippen molar-refractivity contribution in [2.45, 2.75) is 38.6 Å². The van der Waals surface area contributed by atoms with Gasteiger partial charge in [-0.05, 0) is 37.0 Å². The van der Waals surface area contributed by atoms with E-state index in [1.54, 1.807) is 11.0 Å². The van der Waals surface area contributed by atoms with Gasteiger partial charge in [-0.3, -0.25) is 9.59 Å². The van der Waals surface area contributed by atoms with E-state index in [-0.39, 0.29) is 18.1 Å². The summed E-state index contributed by atoms with van der Waals surface area (Å²) in [6.45, 7) is 0.866. The van der Waals surface area contributed by atoms with Crippen molar-refractivity contribution in [3.63, 3.8) is 0 Å². The van der Waals surface area contributed by atoms with Crippen LogP contribution in [-0.4, -0.2) is 28.4 Å². The van der Waals surface area contributed by atoms with Crippen molar-refractivity contribution in [2.24, 2.45) is 0 Å². The highest BCUT2D eigenvalue weighted by Crippen LogP contribution is 2.29. The van der Waals surface area contributed by atoms with E-state index in [1.807, 2.05) is 0 Å². The van der Waals surface area contributed by atoms with E-state index in [0.717, 1.165) is 10.0 Å². The van der Waals surface area contributed by atoms with Gasteiger partial charge in [-0.1, -0.05) is 15.9 Å². The molecule has 4 nitrogen and oxygen atoms in total. The monoisotopic (exact) mass is 357 g/mol. The third-order valence-corrected chi connectivity index (χ3v) is 4.42. The molecule has 0 spiro atoms. The number of benzene rings is 1. The SMILES string of the molecule is O=C(O)CCCCC(=O)N1CCc2c(Br)ccc(F)c2C1. The molecule has 0 aromatic heterocycles. The first-order valence-corrected chi connectivity index (χ1v) is 7.73. The zero-order valence-corrected chi connectivity index (χ0v) is 13.2. The summed E-state index contributed by atoms with van der Waals surface area (Å²) in [5, 5.41) is 8.55. The molecule has 0 atom stereocenters. The zero-order valence-electron chi connectivity index (χ0n) is 11.6. The van der Waals surface area contributed by atoms with Gasteiger partial charge < -0.3 is 10.0 Å². The summed E-state index contributed by atoms with van der Waals surface area (Å²) >= 11 is 3.41. The number of unbranched alkanes of at least 4 members (excludes halogenated alkanes) is 1. The van der Waals surface area contributed by atoms with E-state index in [9.17, 15) is 14.0 Å². The fraction of sp³-hybridized carbons (Fsp3) is 0.467. The molecule has 0 aliphatic carbocycles. The highest BCUT2D eigenvalue weighted by Gasteiger charge is 2.24. The molecule has 1 N–H and O–H groups in total. The lowest BCUT2D eigenvalue weighted by atomic mass is 9.99. The molecule has 1 aromatic carbocycles. The second-order valence-electron chi connectivity index (χ2n) is 5.15. The molecule has 1 aliphatic heterocycles. The van der Waals surface area contributed by atoms with E-state index in [0.29, 0.717) is 44.3 Å². The fourth-order valence-corrected chi connectivity index (χ4v) is 3.09. The molecule has 114 valence electrons. The van der Waals surface area contributed by atoms with Gasteiger partial charge in [0.15, 0.2) is 0 Å². The van der Waals surface area contributed by atoms with Crippen molar-refractivity contribution < 1.29 is 19.1 Å². The molecule has 0 saturated heterocycles. The predicted molar refractivity (Wildman–Crippen MR) is 79.3 cm³/mol. The Labute approximate surface area is 131 Å². The number of nitrogens with zero attached hydrogens (tertiary/aromatic N) is 1. The number of aliphatic carboxylic acids is 1. The minimum Gasteiger partial charge on any atom is -0.481 e. The Morgan fingerprint density at radius 1 is 1.24 bits per heavy atom. The number of amides is 1. The number of hydrogen-bond acceptors (Lipinski definition) is 2. The smallest absolute Gasteiger partial charge is 0.303 e. The average Bonchev–Trinajstić information content (AvgIpc) is 2.47. The van der Waals surface area contributed by atoms with Gasteiger partial charge in [0.2, 0.25) is 5.91 Å². The van der Waals surface area contributed by atoms with Gasteiger partial charge in [-0.15, -0.1) is 0 Å². The van der Waals surface area contributed by atoms with Crippen LogP contribution < -0.4 is 0 Å². The van der Waals surface area contributed by atoms with E-state index >= 15 is 0 Å². The first kappa shape index (κ1) is 15.9. The molecular weight excluding hydrogens is 341 g/mol. The Kier molecular flexibility index (Phi) is 5.33. The summed E-state index contributed by atoms with van der Waals surface area (Å²) in [5.74, 6) is -1.16. The first-order valence-electron chi connectivity index (χ1n) is 6.94. The van der Waals surface area contributed by atoms with Crippen molar-refractivity contribution in [2.75, 3.05) is 6.54 Å². The molecule has 2 rings (SSSR count). The van der Waals surface area contributed by atoms with E-state index in [2.05, 4.69) is 15.9 Å². The van der Waals surface area contributed by atoms with Gasteiger partial charge in [0.05, 0.1) is 0 Å². The van der Waals surface area contributed by atoms with Gasteiger partial charge in [0.25, 0.3) is 0 Å². The van der Waals surface area contributed by atoms with Crippen LogP contribution in [0.25, 0.3) is 0 Å². The van der Waals surface area contributed by atoms with Crippen LogP contribution >= 0.6 is 15.9 Å². The second kappa shape index (κ2) is 7.02. The quantitative estimate of drug-likeness (QED) is 0.823. The molecule has 1 aromatic rings. The minimum atomic E-state index is -0.846. The second-order valence-corrected chi connectivity index (χ2v) is 6.01. The molecule has 0 radical (unpaired) electrons. The Hall–Kier alpha value is -1.43. The van der Waals surface area contributed by atoms with Gasteiger partial charge in [-0.2, -0.15) is 0 Å². The minimum absolute atomic E-state index is 0.0367. The normalized spacial score (nSPS) is 13.9. The van der Waals surface area contributed by atoms with Crippen LogP contribution in [0.2, 0.25) is 0 Å². The van der Waals surface area contributed by atoms with E-state index in [4.69, 9.17) is 5.11 Å². The lowest BCUT2D eigenvalue weighted by Crippen LogP contribution is -2.36. The molecule has 1 aliphatic rings. The number of carbonyl (C=O) groups is 2. The summed E-state index contributed by atoms with van der Waals surface area (Å²) in [5.41, 5.74) is 1.51. The van der Waals surface area contributed by atoms with Crippen LogP contribution in [0.5, 0.6) is 0 Å². The maximum atomic E-state index is 13.9. The summed E-state index contributed by atoms with van der Waals surface area (Å²) < 4.78 is 14.7. The number of rotatable bonds is 5. The lowest BCUT2D eigenvalue weighted by molar-refractivity contribution is -0.137. The van der Waals surface area contributed by atoms with Crippen molar-refractivity contribution in [3.05, 3.63) is 33.5 Å². The molecular formula is C15H17BrFNO3. The fourth-order valence-electron chi connectivity index (χ4n) is 2.52. The van der Waals surface area contributed by atoms with Crippen molar-refractivity contribution in [1.82, 2.24) is 4.90 Å². The van der Waals surface area contributed by atoms with Crippen molar-refractivity contribution >= 4 is 27.8 Å². The summed E-state index contributed by atoms with van der Waals surface area (Å²) in [7, 11) is 0. The molecule has 6 heteroatoms. The van der Waals surface area contributed by atoms with Gasteiger partial charge in [0, 0.05) is 36.0 Å². The molecule has 0 fully saturated rings. The van der Waals surface area contributed by atoms with Crippen molar-refractivity contribution in [1.29, 1.82) is 0 Å². The number of fused-ring (bicyclic) bond motifs is 1. The maximum absolute atomic E-state index is 13.9. The largest absolute Gasteiger partial charge is 0.481 e. The van der Waals surface area contributed by atoms with Gasteiger partial charge >= 0.3 is 5.97 Å². The summed E-state index contributed by atoms with van der Waals surface area (Å²) in [6.07, 6.45) is 2.07. The Bertz CT molecular complexity index is 562. The summed E-state index contributed by atoms with van der Waals surface area (Å²) in [4.78, 5) is 24.2. The molecule has 21 heavy (non-hydrogen) atoms. The first-order chi connectivity index (χ1) is 9.99. The number of carboxylic acid groups (broad SMARTS) is 1. The van der Waals surface area contributed by atoms with Gasteiger partial charge in [-0.25, -0.2) is 4.39 Å².